The molecule has 0 aromatic heterocycles. The quantitative estimate of drug-likeness (QED) is 0.890. The summed E-state index contributed by atoms with van der Waals surface area (Å²) in [6, 6.07) is 4.92. The maximum atomic E-state index is 12.0. The number of anilines is 1. The zero-order chi connectivity index (χ0) is 16.2. The lowest BCUT2D eigenvalue weighted by molar-refractivity contribution is -0.121. The van der Waals surface area contributed by atoms with E-state index in [1.165, 1.54) is 6.42 Å². The van der Waals surface area contributed by atoms with E-state index < -0.39 is 6.03 Å². The summed E-state index contributed by atoms with van der Waals surface area (Å²) in [5.74, 6) is 0.930. The van der Waals surface area contributed by atoms with Crippen LogP contribution >= 0.6 is 0 Å². The number of ether oxygens (including phenoxy) is 2. The molecule has 1 atom stereocenters. The Labute approximate surface area is 134 Å². The van der Waals surface area contributed by atoms with Crippen LogP contribution in [0.25, 0.3) is 0 Å². The Morgan fingerprint density at radius 1 is 1.26 bits per heavy atom. The van der Waals surface area contributed by atoms with Gasteiger partial charge in [-0.25, -0.2) is 4.79 Å². The number of rotatable bonds is 3. The lowest BCUT2D eigenvalue weighted by atomic mass is 10.0. The van der Waals surface area contributed by atoms with Crippen LogP contribution in [0.3, 0.4) is 0 Å². The first-order valence-electron chi connectivity index (χ1n) is 7.86. The average molecular weight is 319 g/mol. The third kappa shape index (κ3) is 3.92. The summed E-state index contributed by atoms with van der Waals surface area (Å²) in [6.07, 6.45) is 3.39. The maximum Gasteiger partial charge on any atom is 0.325 e. The minimum absolute atomic E-state index is 0.178. The molecular formula is C16H21N3O4. The number of nitrogens with zero attached hydrogens (tertiary/aromatic N) is 1. The van der Waals surface area contributed by atoms with E-state index in [2.05, 4.69) is 22.5 Å². The Balaban J connectivity index is 1.49. The van der Waals surface area contributed by atoms with Crippen LogP contribution in [0.2, 0.25) is 0 Å². The smallest absolute Gasteiger partial charge is 0.325 e. The molecule has 0 unspecified atom stereocenters. The van der Waals surface area contributed by atoms with Crippen LogP contribution in [0.1, 0.15) is 26.2 Å². The van der Waals surface area contributed by atoms with Gasteiger partial charge in [0.1, 0.15) is 0 Å². The van der Waals surface area contributed by atoms with Gasteiger partial charge in [-0.15, -0.1) is 0 Å². The van der Waals surface area contributed by atoms with Gasteiger partial charge in [0.2, 0.25) is 12.7 Å². The largest absolute Gasteiger partial charge is 0.454 e. The summed E-state index contributed by atoms with van der Waals surface area (Å²) in [5, 5.41) is 4.99. The molecule has 7 nitrogen and oxygen atoms in total. The molecule has 1 saturated heterocycles. The Bertz CT molecular complexity index is 605. The number of piperidine rings is 1. The zero-order valence-electron chi connectivity index (χ0n) is 13.1. The fourth-order valence-corrected chi connectivity index (χ4v) is 2.88. The van der Waals surface area contributed by atoms with Crippen molar-refractivity contribution in [1.29, 1.82) is 0 Å². The normalized spacial score (nSPS) is 20.1. The molecule has 2 N–H and O–H groups in total. The summed E-state index contributed by atoms with van der Waals surface area (Å²) in [7, 11) is 0. The molecule has 3 rings (SSSR count). The summed E-state index contributed by atoms with van der Waals surface area (Å²) in [6.45, 7) is 3.44. The minimum atomic E-state index is -0.543. The van der Waals surface area contributed by atoms with Crippen molar-refractivity contribution in [2.24, 2.45) is 0 Å². The highest BCUT2D eigenvalue weighted by Gasteiger charge is 2.21. The van der Waals surface area contributed by atoms with Crippen molar-refractivity contribution < 1.29 is 19.1 Å². The third-order valence-corrected chi connectivity index (χ3v) is 4.17. The topological polar surface area (TPSA) is 79.9 Å². The number of benzene rings is 1. The van der Waals surface area contributed by atoms with Crippen LogP contribution in [0.15, 0.2) is 18.2 Å². The molecule has 2 aliphatic rings. The molecule has 0 bridgehead atoms. The Morgan fingerprint density at radius 3 is 2.91 bits per heavy atom. The van der Waals surface area contributed by atoms with Gasteiger partial charge in [-0.1, -0.05) is 6.42 Å². The molecule has 1 fully saturated rings. The van der Waals surface area contributed by atoms with Crippen LogP contribution < -0.4 is 20.1 Å². The van der Waals surface area contributed by atoms with Crippen LogP contribution in [0.5, 0.6) is 11.5 Å². The van der Waals surface area contributed by atoms with Crippen LogP contribution in [-0.2, 0) is 4.79 Å². The van der Waals surface area contributed by atoms with Crippen molar-refractivity contribution >= 4 is 17.6 Å². The first-order chi connectivity index (χ1) is 11.1. The van der Waals surface area contributed by atoms with Crippen molar-refractivity contribution in [2.75, 3.05) is 25.2 Å². The number of amides is 3. The number of likely N-dealkylation sites (tertiary alicyclic amines) is 1. The highest BCUT2D eigenvalue weighted by molar-refractivity contribution is 6.01. The number of nitrogens with one attached hydrogen (secondary N) is 2. The van der Waals surface area contributed by atoms with Gasteiger partial charge in [-0.3, -0.25) is 15.0 Å². The number of imide groups is 1. The van der Waals surface area contributed by atoms with Gasteiger partial charge in [-0.05, 0) is 38.4 Å². The molecule has 0 saturated carbocycles. The SMILES string of the molecule is C[C@H]1CCCCN1CC(=O)NC(=O)Nc1ccc2c(c1)OCO2. The number of fused-ring (bicyclic) bond motifs is 1. The number of hydrogen-bond donors (Lipinski definition) is 2. The number of carbonyl (C=O) groups excluding carboxylic acids is 2. The van der Waals surface area contributed by atoms with Gasteiger partial charge in [0.25, 0.3) is 0 Å². The predicted molar refractivity (Wildman–Crippen MR) is 84.6 cm³/mol. The molecule has 3 amide bonds. The standard InChI is InChI=1S/C16H21N3O4/c1-11-4-2-3-7-19(11)9-15(20)18-16(21)17-12-5-6-13-14(8-12)23-10-22-13/h5-6,8,11H,2-4,7,9-10H2,1H3,(H2,17,18,20,21)/t11-/m0/s1. The van der Waals surface area contributed by atoms with Crippen molar-refractivity contribution in [3.8, 4) is 11.5 Å². The van der Waals surface area contributed by atoms with Gasteiger partial charge >= 0.3 is 6.03 Å². The van der Waals surface area contributed by atoms with E-state index in [1.54, 1.807) is 18.2 Å². The zero-order valence-corrected chi connectivity index (χ0v) is 13.1. The Kier molecular flexibility index (Phi) is 4.66. The van der Waals surface area contributed by atoms with E-state index in [4.69, 9.17) is 9.47 Å². The molecular weight excluding hydrogens is 298 g/mol. The lowest BCUT2D eigenvalue weighted by Gasteiger charge is -2.32. The third-order valence-electron chi connectivity index (χ3n) is 4.17. The van der Waals surface area contributed by atoms with Crippen molar-refractivity contribution in [3.63, 3.8) is 0 Å². The number of urea groups is 1. The van der Waals surface area contributed by atoms with E-state index in [0.29, 0.717) is 23.2 Å². The van der Waals surface area contributed by atoms with Crippen LogP contribution in [-0.4, -0.2) is 42.8 Å². The van der Waals surface area contributed by atoms with Gasteiger partial charge in [-0.2, -0.15) is 0 Å². The van der Waals surface area contributed by atoms with Gasteiger partial charge in [0, 0.05) is 17.8 Å². The average Bonchev–Trinajstić information content (AvgIpc) is 2.97. The van der Waals surface area contributed by atoms with E-state index in [9.17, 15) is 9.59 Å². The molecule has 0 radical (unpaired) electrons. The fourth-order valence-electron chi connectivity index (χ4n) is 2.88. The first-order valence-corrected chi connectivity index (χ1v) is 7.86. The van der Waals surface area contributed by atoms with Gasteiger partial charge in [0.15, 0.2) is 11.5 Å². The Hall–Kier alpha value is -2.28. The van der Waals surface area contributed by atoms with Gasteiger partial charge in [0.05, 0.1) is 6.54 Å². The molecule has 2 heterocycles. The second-order valence-corrected chi connectivity index (χ2v) is 5.89. The summed E-state index contributed by atoms with van der Waals surface area (Å²) in [5.41, 5.74) is 0.547. The van der Waals surface area contributed by atoms with Crippen LogP contribution in [0, 0.1) is 0 Å². The van der Waals surface area contributed by atoms with Crippen molar-refractivity contribution in [1.82, 2.24) is 10.2 Å². The van der Waals surface area contributed by atoms with Crippen molar-refractivity contribution in [2.45, 2.75) is 32.2 Å². The molecule has 0 spiro atoms. The lowest BCUT2D eigenvalue weighted by Crippen LogP contribution is -2.46. The molecule has 2 aliphatic heterocycles. The first kappa shape index (κ1) is 15.6. The van der Waals surface area contributed by atoms with Crippen molar-refractivity contribution in [3.05, 3.63) is 18.2 Å². The predicted octanol–water partition coefficient (Wildman–Crippen LogP) is 1.94. The maximum absolute atomic E-state index is 12.0. The molecule has 0 aliphatic carbocycles. The van der Waals surface area contributed by atoms with E-state index in [-0.39, 0.29) is 19.2 Å². The highest BCUT2D eigenvalue weighted by Crippen LogP contribution is 2.34. The molecule has 124 valence electrons. The number of carbonyl (C=O) groups is 2. The Morgan fingerprint density at radius 2 is 2.09 bits per heavy atom. The second-order valence-electron chi connectivity index (χ2n) is 5.89. The van der Waals surface area contributed by atoms with E-state index in [0.717, 1.165) is 19.4 Å². The monoisotopic (exact) mass is 319 g/mol. The van der Waals surface area contributed by atoms with E-state index in [1.807, 2.05) is 0 Å². The number of hydrogen-bond acceptors (Lipinski definition) is 5. The fraction of sp³-hybridized carbons (Fsp3) is 0.500. The molecule has 7 heteroatoms. The highest BCUT2D eigenvalue weighted by atomic mass is 16.7. The molecule has 1 aromatic rings. The van der Waals surface area contributed by atoms with Crippen LogP contribution in [0.4, 0.5) is 10.5 Å². The summed E-state index contributed by atoms with van der Waals surface area (Å²) < 4.78 is 10.5. The van der Waals surface area contributed by atoms with Gasteiger partial charge < -0.3 is 14.8 Å². The minimum Gasteiger partial charge on any atom is -0.454 e. The van der Waals surface area contributed by atoms with E-state index >= 15 is 0 Å². The summed E-state index contributed by atoms with van der Waals surface area (Å²) >= 11 is 0. The molecule has 1 aromatic carbocycles. The molecule has 23 heavy (non-hydrogen) atoms. The second kappa shape index (κ2) is 6.87. The summed E-state index contributed by atoms with van der Waals surface area (Å²) in [4.78, 5) is 26.0.